The van der Waals surface area contributed by atoms with Gasteiger partial charge in [-0.1, -0.05) is 6.07 Å². The Morgan fingerprint density at radius 1 is 1.08 bits per heavy atom. The Kier molecular flexibility index (Phi) is 7.63. The van der Waals surface area contributed by atoms with E-state index in [1.165, 1.54) is 6.07 Å². The smallest absolute Gasteiger partial charge is 0.319 e. The molecule has 0 radical (unpaired) electrons. The highest BCUT2D eigenvalue weighted by Crippen LogP contribution is 2.39. The maximum Gasteiger partial charge on any atom is 0.319 e. The van der Waals surface area contributed by atoms with Crippen molar-refractivity contribution in [3.8, 4) is 17.0 Å². The number of nitrogens with zero attached hydrogens (tertiary/aromatic N) is 6. The van der Waals surface area contributed by atoms with Gasteiger partial charge in [-0.05, 0) is 56.4 Å². The van der Waals surface area contributed by atoms with E-state index in [1.807, 2.05) is 35.9 Å². The van der Waals surface area contributed by atoms with E-state index in [9.17, 15) is 13.6 Å². The lowest BCUT2D eigenvalue weighted by molar-refractivity contribution is 0.156. The average Bonchev–Trinajstić information content (AvgIpc) is 2.93. The molecule has 0 atom stereocenters. The third kappa shape index (κ3) is 5.65. The molecule has 2 aliphatic heterocycles. The minimum Gasteiger partial charge on any atom is -0.486 e. The number of piperidine rings is 1. The quantitative estimate of drug-likeness (QED) is 0.463. The van der Waals surface area contributed by atoms with Crippen molar-refractivity contribution in [1.29, 1.82) is 0 Å². The van der Waals surface area contributed by atoms with Gasteiger partial charge < -0.3 is 19.4 Å². The van der Waals surface area contributed by atoms with Crippen LogP contribution in [0.3, 0.4) is 0 Å². The predicted octanol–water partition coefficient (Wildman–Crippen LogP) is 4.88. The van der Waals surface area contributed by atoms with Crippen LogP contribution in [0.1, 0.15) is 49.7 Å². The zero-order chi connectivity index (χ0) is 27.7. The van der Waals surface area contributed by atoms with Crippen molar-refractivity contribution < 1.29 is 18.3 Å². The Labute approximate surface area is 227 Å². The Morgan fingerprint density at radius 2 is 1.85 bits per heavy atom. The monoisotopic (exact) mass is 536 g/mol. The molecular weight excluding hydrogens is 502 g/mol. The summed E-state index contributed by atoms with van der Waals surface area (Å²) >= 11 is 0. The first kappa shape index (κ1) is 26.8. The van der Waals surface area contributed by atoms with E-state index in [0.717, 1.165) is 43.4 Å². The highest BCUT2D eigenvalue weighted by molar-refractivity contribution is 5.74. The van der Waals surface area contributed by atoms with Gasteiger partial charge in [0.1, 0.15) is 18.1 Å². The minimum absolute atomic E-state index is 0.0456. The molecule has 3 aromatic rings. The van der Waals surface area contributed by atoms with Crippen molar-refractivity contribution in [2.24, 2.45) is 0 Å². The summed E-state index contributed by atoms with van der Waals surface area (Å²) in [5.74, 6) is -0.223. The average molecular weight is 537 g/mol. The van der Waals surface area contributed by atoms with E-state index in [-0.39, 0.29) is 23.5 Å². The van der Waals surface area contributed by atoms with Crippen molar-refractivity contribution >= 4 is 11.7 Å². The molecule has 4 heterocycles. The third-order valence-corrected chi connectivity index (χ3v) is 7.41. The molecule has 10 heteroatoms. The van der Waals surface area contributed by atoms with Gasteiger partial charge in [0.2, 0.25) is 0 Å². The third-order valence-electron chi connectivity index (χ3n) is 7.41. The summed E-state index contributed by atoms with van der Waals surface area (Å²) in [6.45, 7) is 6.52. The molecule has 2 aromatic heterocycles. The van der Waals surface area contributed by atoms with E-state index in [4.69, 9.17) is 4.74 Å². The van der Waals surface area contributed by atoms with Crippen LogP contribution in [-0.2, 0) is 6.42 Å². The molecule has 206 valence electrons. The molecule has 1 aromatic carbocycles. The predicted molar refractivity (Wildman–Crippen MR) is 145 cm³/mol. The van der Waals surface area contributed by atoms with Crippen LogP contribution in [0.25, 0.3) is 11.3 Å². The molecule has 0 spiro atoms. The van der Waals surface area contributed by atoms with E-state index in [2.05, 4.69) is 21.0 Å². The van der Waals surface area contributed by atoms with Crippen LogP contribution in [-0.4, -0.2) is 77.2 Å². The molecule has 2 aliphatic rings. The maximum atomic E-state index is 15.0. The number of carbonyl (C=O) groups excluding carboxylic acids is 1. The van der Waals surface area contributed by atoms with E-state index >= 15 is 0 Å². The zero-order valence-electron chi connectivity index (χ0n) is 22.8. The lowest BCUT2D eigenvalue weighted by atomic mass is 9.90. The van der Waals surface area contributed by atoms with Gasteiger partial charge in [0, 0.05) is 50.7 Å². The number of aromatic nitrogens is 3. The summed E-state index contributed by atoms with van der Waals surface area (Å²) in [6.07, 6.45) is 5.09. The van der Waals surface area contributed by atoms with Crippen LogP contribution >= 0.6 is 0 Å². The number of benzene rings is 1. The molecule has 8 nitrogen and oxygen atoms in total. The van der Waals surface area contributed by atoms with Crippen LogP contribution in [0, 0.1) is 11.6 Å². The fraction of sp³-hybridized carbons (Fsp3) is 0.448. The Hall–Kier alpha value is -3.82. The number of fused-ring (bicyclic) bond motifs is 1. The molecule has 5 rings (SSSR count). The first-order chi connectivity index (χ1) is 18.7. The molecule has 0 N–H and O–H groups in total. The topological polar surface area (TPSA) is 74.7 Å². The summed E-state index contributed by atoms with van der Waals surface area (Å²) in [5.41, 5.74) is 2.88. The van der Waals surface area contributed by atoms with Gasteiger partial charge in [-0.2, -0.15) is 0 Å². The molecule has 1 fully saturated rings. The van der Waals surface area contributed by atoms with Crippen molar-refractivity contribution in [3.05, 3.63) is 65.4 Å². The van der Waals surface area contributed by atoms with Gasteiger partial charge in [0.05, 0.1) is 24.8 Å². The second kappa shape index (κ2) is 11.1. The van der Waals surface area contributed by atoms with Gasteiger partial charge in [-0.3, -0.25) is 4.98 Å². The molecule has 1 saturated heterocycles. The second-order valence-corrected chi connectivity index (χ2v) is 10.6. The van der Waals surface area contributed by atoms with Crippen LogP contribution in [0.5, 0.6) is 5.75 Å². The summed E-state index contributed by atoms with van der Waals surface area (Å²) in [6, 6.07) is 7.18. The zero-order valence-corrected chi connectivity index (χ0v) is 22.8. The van der Waals surface area contributed by atoms with E-state index in [0.29, 0.717) is 42.6 Å². The number of carbonyl (C=O) groups is 1. The lowest BCUT2D eigenvalue weighted by Gasteiger charge is -2.34. The largest absolute Gasteiger partial charge is 0.486 e. The van der Waals surface area contributed by atoms with Crippen molar-refractivity contribution in [2.75, 3.05) is 45.2 Å². The van der Waals surface area contributed by atoms with Crippen LogP contribution in [0.2, 0.25) is 0 Å². The number of amides is 2. The van der Waals surface area contributed by atoms with Gasteiger partial charge in [-0.25, -0.2) is 23.5 Å². The summed E-state index contributed by atoms with van der Waals surface area (Å²) in [7, 11) is 3.54. The van der Waals surface area contributed by atoms with Crippen LogP contribution < -0.4 is 9.64 Å². The standard InChI is InChI=1S/C29H34F2N6O2/c1-18(2)37-11-12-39-28-23(30)13-21(14-25(28)37)27-24(31)17-33-26(34-27)15-22-6-5-20(16-32-22)19-7-9-36(10-8-19)29(38)35(3)4/h5-6,13-14,16-19H,7-12,15H2,1-4H3. The first-order valence-corrected chi connectivity index (χ1v) is 13.4. The van der Waals surface area contributed by atoms with Crippen LogP contribution in [0.15, 0.2) is 36.7 Å². The fourth-order valence-corrected chi connectivity index (χ4v) is 5.30. The summed E-state index contributed by atoms with van der Waals surface area (Å²) < 4.78 is 35.4. The Bertz CT molecular complexity index is 1340. The van der Waals surface area contributed by atoms with E-state index < -0.39 is 11.6 Å². The highest BCUT2D eigenvalue weighted by atomic mass is 19.1. The van der Waals surface area contributed by atoms with Gasteiger partial charge in [-0.15, -0.1) is 0 Å². The van der Waals surface area contributed by atoms with Gasteiger partial charge in [0.15, 0.2) is 17.4 Å². The van der Waals surface area contributed by atoms with Gasteiger partial charge in [0.25, 0.3) is 0 Å². The molecule has 0 saturated carbocycles. The van der Waals surface area contributed by atoms with Crippen LogP contribution in [0.4, 0.5) is 19.3 Å². The molecule has 2 amide bonds. The number of hydrogen-bond donors (Lipinski definition) is 0. The summed E-state index contributed by atoms with van der Waals surface area (Å²) in [4.78, 5) is 31.0. The Balaban J connectivity index is 1.31. The van der Waals surface area contributed by atoms with E-state index in [1.54, 1.807) is 25.1 Å². The normalized spacial score (nSPS) is 15.8. The number of ether oxygens (including phenoxy) is 1. The number of anilines is 1. The minimum atomic E-state index is -0.617. The Morgan fingerprint density at radius 3 is 2.51 bits per heavy atom. The number of pyridine rings is 1. The first-order valence-electron chi connectivity index (χ1n) is 13.4. The molecule has 0 bridgehead atoms. The highest BCUT2D eigenvalue weighted by Gasteiger charge is 2.27. The van der Waals surface area contributed by atoms with Crippen molar-refractivity contribution in [2.45, 2.75) is 45.1 Å². The SMILES string of the molecule is CC(C)N1CCOc2c(F)cc(-c3nc(Cc4ccc(C5CCN(C(=O)N(C)C)CC5)cn4)ncc3F)cc21. The molecule has 0 aliphatic carbocycles. The second-order valence-electron chi connectivity index (χ2n) is 10.6. The summed E-state index contributed by atoms with van der Waals surface area (Å²) in [5, 5.41) is 0. The number of likely N-dealkylation sites (tertiary alicyclic amines) is 1. The molecule has 0 unspecified atom stereocenters. The molecular formula is C29H34F2N6O2. The molecule has 39 heavy (non-hydrogen) atoms. The lowest BCUT2D eigenvalue weighted by Crippen LogP contribution is -2.43. The van der Waals surface area contributed by atoms with Crippen molar-refractivity contribution in [3.63, 3.8) is 0 Å². The van der Waals surface area contributed by atoms with Gasteiger partial charge >= 0.3 is 6.03 Å². The number of halogens is 2. The maximum absolute atomic E-state index is 15.0. The number of hydrogen-bond acceptors (Lipinski definition) is 6. The number of urea groups is 1. The number of rotatable bonds is 5. The van der Waals surface area contributed by atoms with Crippen molar-refractivity contribution in [1.82, 2.24) is 24.8 Å². The fourth-order valence-electron chi connectivity index (χ4n) is 5.30.